The number of nitrogen functional groups attached to an aromatic ring is 1. The molecule has 1 amide bonds. The van der Waals surface area contributed by atoms with E-state index < -0.39 is 35.0 Å². The van der Waals surface area contributed by atoms with E-state index >= 15 is 0 Å². The highest BCUT2D eigenvalue weighted by atomic mass is 79.9. The zero-order valence-electron chi connectivity index (χ0n) is 16.3. The lowest BCUT2D eigenvalue weighted by Crippen LogP contribution is -2.49. The summed E-state index contributed by atoms with van der Waals surface area (Å²) in [5.74, 6) is -1.54. The smallest absolute Gasteiger partial charge is 0.416 e. The van der Waals surface area contributed by atoms with E-state index in [4.69, 9.17) is 15.6 Å². The fourth-order valence-corrected chi connectivity index (χ4v) is 3.48. The Kier molecular flexibility index (Phi) is 6.73. The van der Waals surface area contributed by atoms with Crippen molar-refractivity contribution in [3.63, 3.8) is 0 Å². The second kappa shape index (κ2) is 8.39. The van der Waals surface area contributed by atoms with Gasteiger partial charge < -0.3 is 20.5 Å². The fraction of sp³-hybridized carbons (Fsp3) is 0.556. The highest BCUT2D eigenvalue weighted by molar-refractivity contribution is 9.10. The molecular formula is C18H23BrF3N3O4. The number of carboxylic acid groups (broad SMARTS) is 1. The zero-order valence-corrected chi connectivity index (χ0v) is 17.9. The van der Waals surface area contributed by atoms with Crippen LogP contribution in [0.5, 0.6) is 0 Å². The first-order valence-electron chi connectivity index (χ1n) is 8.82. The predicted octanol–water partition coefficient (Wildman–Crippen LogP) is 3.80. The summed E-state index contributed by atoms with van der Waals surface area (Å²) in [4.78, 5) is 26.6. The van der Waals surface area contributed by atoms with Crippen molar-refractivity contribution in [1.82, 2.24) is 9.80 Å². The summed E-state index contributed by atoms with van der Waals surface area (Å²) in [5.41, 5.74) is 3.06. The summed E-state index contributed by atoms with van der Waals surface area (Å²) in [7, 11) is 0. The number of hydrogen-bond donors (Lipinski definition) is 2. The maximum Gasteiger partial charge on any atom is 0.416 e. The number of hydrogen-bond acceptors (Lipinski definition) is 5. The Hall–Kier alpha value is -2.01. The molecule has 2 rings (SSSR count). The van der Waals surface area contributed by atoms with E-state index in [1.54, 1.807) is 25.7 Å². The number of nitrogens with zero attached hydrogens (tertiary/aromatic N) is 2. The average molecular weight is 482 g/mol. The average Bonchev–Trinajstić information content (AvgIpc) is 2.56. The van der Waals surface area contributed by atoms with Crippen LogP contribution in [0.3, 0.4) is 0 Å². The van der Waals surface area contributed by atoms with E-state index in [0.29, 0.717) is 32.2 Å². The van der Waals surface area contributed by atoms with Gasteiger partial charge in [0.1, 0.15) is 5.60 Å². The van der Waals surface area contributed by atoms with Crippen molar-refractivity contribution in [2.45, 2.75) is 39.1 Å². The molecule has 1 aromatic carbocycles. The van der Waals surface area contributed by atoms with Gasteiger partial charge >= 0.3 is 18.2 Å². The first-order chi connectivity index (χ1) is 13.2. The first-order valence-corrected chi connectivity index (χ1v) is 9.61. The van der Waals surface area contributed by atoms with E-state index in [9.17, 15) is 22.8 Å². The highest BCUT2D eigenvalue weighted by Crippen LogP contribution is 2.40. The normalized spacial score (nSPS) is 16.0. The molecule has 29 heavy (non-hydrogen) atoms. The second-order valence-corrected chi connectivity index (χ2v) is 8.52. The van der Waals surface area contributed by atoms with Crippen molar-refractivity contribution in [3.05, 3.63) is 27.2 Å². The summed E-state index contributed by atoms with van der Waals surface area (Å²) < 4.78 is 45.8. The monoisotopic (exact) mass is 481 g/mol. The maximum atomic E-state index is 13.5. The lowest BCUT2D eigenvalue weighted by molar-refractivity contribution is -0.138. The Labute approximate surface area is 174 Å². The van der Waals surface area contributed by atoms with Crippen LogP contribution in [0.2, 0.25) is 0 Å². The first kappa shape index (κ1) is 23.3. The fourth-order valence-electron chi connectivity index (χ4n) is 2.93. The molecule has 0 spiro atoms. The van der Waals surface area contributed by atoms with E-state index in [-0.39, 0.29) is 22.3 Å². The molecule has 1 fully saturated rings. The van der Waals surface area contributed by atoms with Crippen LogP contribution in [-0.4, -0.2) is 58.7 Å². The number of piperazine rings is 1. The van der Waals surface area contributed by atoms with Gasteiger partial charge in [0.2, 0.25) is 0 Å². The van der Waals surface area contributed by atoms with Crippen molar-refractivity contribution in [1.29, 1.82) is 0 Å². The molecule has 1 heterocycles. The summed E-state index contributed by atoms with van der Waals surface area (Å²) >= 11 is 3.04. The van der Waals surface area contributed by atoms with Gasteiger partial charge in [0.25, 0.3) is 0 Å². The number of rotatable bonds is 3. The molecule has 0 unspecified atom stereocenters. The van der Waals surface area contributed by atoms with Gasteiger partial charge in [0.15, 0.2) is 0 Å². The number of benzene rings is 1. The Morgan fingerprint density at radius 2 is 1.76 bits per heavy atom. The van der Waals surface area contributed by atoms with E-state index in [1.807, 2.05) is 0 Å². The molecule has 0 aromatic heterocycles. The number of nitrogens with two attached hydrogens (primary N) is 1. The minimum absolute atomic E-state index is 0.0840. The summed E-state index contributed by atoms with van der Waals surface area (Å²) in [6.07, 6.45) is -5.21. The molecule has 1 aliphatic heterocycles. The van der Waals surface area contributed by atoms with Crippen molar-refractivity contribution >= 4 is 33.7 Å². The number of amides is 1. The van der Waals surface area contributed by atoms with Crippen LogP contribution >= 0.6 is 15.9 Å². The van der Waals surface area contributed by atoms with Crippen molar-refractivity contribution in [2.75, 3.05) is 31.9 Å². The van der Waals surface area contributed by atoms with Gasteiger partial charge in [0, 0.05) is 37.2 Å². The Morgan fingerprint density at radius 3 is 2.21 bits per heavy atom. The number of anilines is 1. The second-order valence-electron chi connectivity index (χ2n) is 7.72. The highest BCUT2D eigenvalue weighted by Gasteiger charge is 2.37. The molecule has 0 atom stereocenters. The van der Waals surface area contributed by atoms with Crippen molar-refractivity contribution in [3.8, 4) is 0 Å². The van der Waals surface area contributed by atoms with Crippen LogP contribution in [0.25, 0.3) is 0 Å². The molecule has 0 radical (unpaired) electrons. The van der Waals surface area contributed by atoms with Crippen molar-refractivity contribution in [2.24, 2.45) is 0 Å². The predicted molar refractivity (Wildman–Crippen MR) is 104 cm³/mol. The van der Waals surface area contributed by atoms with Gasteiger partial charge in [-0.1, -0.05) is 0 Å². The molecule has 11 heteroatoms. The third-order valence-electron chi connectivity index (χ3n) is 4.35. The van der Waals surface area contributed by atoms with Gasteiger partial charge in [-0.25, -0.2) is 9.59 Å². The van der Waals surface area contributed by atoms with Crippen LogP contribution in [0, 0.1) is 0 Å². The lowest BCUT2D eigenvalue weighted by atomic mass is 10.0. The molecule has 0 saturated carbocycles. The number of carboxylic acids is 1. The Morgan fingerprint density at radius 1 is 1.21 bits per heavy atom. The van der Waals surface area contributed by atoms with Gasteiger partial charge in [-0.15, -0.1) is 0 Å². The van der Waals surface area contributed by atoms with Gasteiger partial charge in [-0.05, 0) is 48.3 Å². The Balaban J connectivity index is 2.20. The minimum Gasteiger partial charge on any atom is -0.478 e. The maximum absolute atomic E-state index is 13.5. The molecule has 3 N–H and O–H groups in total. The number of alkyl halides is 3. The zero-order chi connectivity index (χ0) is 22.1. The molecule has 162 valence electrons. The summed E-state index contributed by atoms with van der Waals surface area (Å²) in [5, 5.41) is 9.13. The third kappa shape index (κ3) is 5.75. The third-order valence-corrected chi connectivity index (χ3v) is 5.25. The molecule has 1 aromatic rings. The van der Waals surface area contributed by atoms with Crippen LogP contribution in [0.15, 0.2) is 10.5 Å². The lowest BCUT2D eigenvalue weighted by Gasteiger charge is -2.36. The minimum atomic E-state index is -4.74. The van der Waals surface area contributed by atoms with Gasteiger partial charge in [0.05, 0.1) is 16.8 Å². The summed E-state index contributed by atoms with van der Waals surface area (Å²) in [6.45, 7) is 6.44. The number of aromatic carboxylic acids is 1. The molecule has 1 aliphatic rings. The molecule has 0 aliphatic carbocycles. The number of ether oxygens (including phenoxy) is 1. The molecule has 7 nitrogen and oxygen atoms in total. The topological polar surface area (TPSA) is 96.1 Å². The Bertz CT molecular complexity index is 801. The largest absolute Gasteiger partial charge is 0.478 e. The number of carbonyl (C=O) groups is 2. The van der Waals surface area contributed by atoms with Gasteiger partial charge in [-0.2, -0.15) is 13.2 Å². The quantitative estimate of drug-likeness (QED) is 0.637. The number of halogens is 4. The van der Waals surface area contributed by atoms with Crippen LogP contribution in [0.4, 0.5) is 23.7 Å². The molecular weight excluding hydrogens is 459 g/mol. The van der Waals surface area contributed by atoms with Crippen LogP contribution in [0.1, 0.15) is 42.3 Å². The van der Waals surface area contributed by atoms with E-state index in [1.165, 1.54) is 4.90 Å². The van der Waals surface area contributed by atoms with Crippen LogP contribution in [-0.2, 0) is 17.5 Å². The molecule has 1 saturated heterocycles. The standard InChI is InChI=1S/C18H23BrF3N3O4/c1-17(2,3)29-16(28)25-6-4-24(5-7-25)9-11-12(18(20,21)22)8-10(15(26)27)14(23)13(11)19/h8H,4-7,9,23H2,1-3H3,(H,26,27). The van der Waals surface area contributed by atoms with Gasteiger partial charge in [-0.3, -0.25) is 4.90 Å². The summed E-state index contributed by atoms with van der Waals surface area (Å²) in [6, 6.07) is 0.564. The van der Waals surface area contributed by atoms with Crippen LogP contribution < -0.4 is 5.73 Å². The SMILES string of the molecule is CC(C)(C)OC(=O)N1CCN(Cc2c(C(F)(F)F)cc(C(=O)O)c(N)c2Br)CC1. The number of carbonyl (C=O) groups excluding carboxylic acids is 1. The van der Waals surface area contributed by atoms with E-state index in [2.05, 4.69) is 15.9 Å². The molecule has 0 bridgehead atoms. The van der Waals surface area contributed by atoms with E-state index in [0.717, 1.165) is 0 Å². The van der Waals surface area contributed by atoms with Crippen molar-refractivity contribution < 1.29 is 32.6 Å².